The van der Waals surface area contributed by atoms with Crippen LogP contribution in [-0.2, 0) is 4.79 Å². The Labute approximate surface area is 160 Å². The molecule has 2 amide bonds. The molecule has 2 N–H and O–H groups in total. The van der Waals surface area contributed by atoms with Crippen molar-refractivity contribution in [3.63, 3.8) is 0 Å². The van der Waals surface area contributed by atoms with Crippen molar-refractivity contribution < 1.29 is 9.59 Å². The molecule has 0 heterocycles. The lowest BCUT2D eigenvalue weighted by Crippen LogP contribution is -2.27. The molecule has 0 bridgehead atoms. The number of anilines is 1. The number of nitrogens with one attached hydrogen (secondary N) is 2. The van der Waals surface area contributed by atoms with Crippen LogP contribution in [0.2, 0.25) is 5.02 Å². The molecule has 1 unspecified atom stereocenters. The second kappa shape index (κ2) is 8.48. The average molecular weight is 457 g/mol. The molecule has 0 saturated carbocycles. The third kappa shape index (κ3) is 4.95. The Hall–Kier alpha value is -1.60. The van der Waals surface area contributed by atoms with Gasteiger partial charge >= 0.3 is 0 Å². The zero-order valence-electron chi connectivity index (χ0n) is 13.4. The highest BCUT2D eigenvalue weighted by molar-refractivity contribution is 14.1. The van der Waals surface area contributed by atoms with E-state index in [0.29, 0.717) is 17.0 Å². The normalized spacial score (nSPS) is 11.7. The number of halogens is 2. The fourth-order valence-corrected chi connectivity index (χ4v) is 3.25. The van der Waals surface area contributed by atoms with Crippen LogP contribution in [0.1, 0.15) is 42.2 Å². The molecule has 2 rings (SSSR count). The highest BCUT2D eigenvalue weighted by Gasteiger charge is 2.14. The molecule has 0 aliphatic rings. The van der Waals surface area contributed by atoms with E-state index in [4.69, 9.17) is 11.6 Å². The van der Waals surface area contributed by atoms with Crippen LogP contribution in [-0.4, -0.2) is 11.8 Å². The summed E-state index contributed by atoms with van der Waals surface area (Å²) in [6.07, 6.45) is 0.438. The van der Waals surface area contributed by atoms with E-state index in [-0.39, 0.29) is 17.9 Å². The van der Waals surface area contributed by atoms with Crippen LogP contribution >= 0.6 is 34.2 Å². The molecular weight excluding hydrogens is 439 g/mol. The molecule has 0 saturated heterocycles. The fraction of sp³-hybridized carbons (Fsp3) is 0.222. The monoisotopic (exact) mass is 456 g/mol. The lowest BCUT2D eigenvalue weighted by molar-refractivity contribution is -0.115. The molecule has 126 valence electrons. The van der Waals surface area contributed by atoms with Crippen LogP contribution in [0.5, 0.6) is 0 Å². The van der Waals surface area contributed by atoms with Crippen molar-refractivity contribution in [2.24, 2.45) is 0 Å². The van der Waals surface area contributed by atoms with Crippen molar-refractivity contribution in [1.29, 1.82) is 0 Å². The number of amides is 2. The third-order valence-electron chi connectivity index (χ3n) is 3.54. The Kier molecular flexibility index (Phi) is 6.62. The fourth-order valence-electron chi connectivity index (χ4n) is 2.14. The summed E-state index contributed by atoms with van der Waals surface area (Å²) in [6, 6.07) is 12.5. The summed E-state index contributed by atoms with van der Waals surface area (Å²) in [4.78, 5) is 23.8. The quantitative estimate of drug-likeness (QED) is 0.636. The van der Waals surface area contributed by atoms with Gasteiger partial charge in [-0.05, 0) is 65.4 Å². The van der Waals surface area contributed by atoms with Gasteiger partial charge in [-0.15, -0.1) is 0 Å². The van der Waals surface area contributed by atoms with Gasteiger partial charge in [0.05, 0.1) is 11.6 Å². The SMILES string of the molecule is CCC(=O)Nc1ccc(C(C)NC(=O)c2ccc(Cl)cc2I)cc1. The number of carbonyl (C=O) groups excluding carboxylic acids is 2. The van der Waals surface area contributed by atoms with Crippen molar-refractivity contribution in [2.75, 3.05) is 5.32 Å². The van der Waals surface area contributed by atoms with Crippen molar-refractivity contribution >= 4 is 51.7 Å². The minimum absolute atomic E-state index is 0.0265. The van der Waals surface area contributed by atoms with Crippen LogP contribution in [0.4, 0.5) is 5.69 Å². The third-order valence-corrected chi connectivity index (χ3v) is 4.67. The highest BCUT2D eigenvalue weighted by Crippen LogP contribution is 2.20. The minimum Gasteiger partial charge on any atom is -0.345 e. The topological polar surface area (TPSA) is 58.2 Å². The first-order valence-corrected chi connectivity index (χ1v) is 9.02. The van der Waals surface area contributed by atoms with Crippen LogP contribution < -0.4 is 10.6 Å². The van der Waals surface area contributed by atoms with Gasteiger partial charge in [-0.1, -0.05) is 30.7 Å². The summed E-state index contributed by atoms with van der Waals surface area (Å²) in [5.74, 6) is -0.173. The number of rotatable bonds is 5. The van der Waals surface area contributed by atoms with Crippen molar-refractivity contribution in [3.8, 4) is 0 Å². The first-order chi connectivity index (χ1) is 11.4. The number of hydrogen-bond donors (Lipinski definition) is 2. The first-order valence-electron chi connectivity index (χ1n) is 7.56. The predicted molar refractivity (Wildman–Crippen MR) is 105 cm³/mol. The van der Waals surface area contributed by atoms with Crippen molar-refractivity contribution in [3.05, 3.63) is 62.2 Å². The lowest BCUT2D eigenvalue weighted by atomic mass is 10.1. The van der Waals surface area contributed by atoms with Gasteiger partial charge in [-0.25, -0.2) is 0 Å². The minimum atomic E-state index is -0.153. The molecule has 6 heteroatoms. The molecule has 0 aromatic heterocycles. The van der Waals surface area contributed by atoms with E-state index < -0.39 is 0 Å². The van der Waals surface area contributed by atoms with Gasteiger partial charge < -0.3 is 10.6 Å². The molecule has 0 aliphatic carbocycles. The summed E-state index contributed by atoms with van der Waals surface area (Å²) in [7, 11) is 0. The van der Waals surface area contributed by atoms with Gasteiger partial charge in [0, 0.05) is 20.7 Å². The molecule has 1 atom stereocenters. The standard InChI is InChI=1S/C18H18ClIN2O2/c1-3-17(23)22-14-7-4-12(5-8-14)11(2)21-18(24)15-9-6-13(19)10-16(15)20/h4-11H,3H2,1-2H3,(H,21,24)(H,22,23). The highest BCUT2D eigenvalue weighted by atomic mass is 127. The van der Waals surface area contributed by atoms with Gasteiger partial charge in [-0.3, -0.25) is 9.59 Å². The van der Waals surface area contributed by atoms with E-state index in [1.54, 1.807) is 25.1 Å². The van der Waals surface area contributed by atoms with E-state index in [2.05, 4.69) is 33.2 Å². The maximum absolute atomic E-state index is 12.4. The van der Waals surface area contributed by atoms with Gasteiger partial charge in [-0.2, -0.15) is 0 Å². The van der Waals surface area contributed by atoms with Crippen molar-refractivity contribution in [1.82, 2.24) is 5.32 Å². The molecule has 0 spiro atoms. The summed E-state index contributed by atoms with van der Waals surface area (Å²) in [6.45, 7) is 3.72. The molecular formula is C18H18ClIN2O2. The molecule has 0 radical (unpaired) electrons. The first kappa shape index (κ1) is 18.7. The Morgan fingerprint density at radius 1 is 1.17 bits per heavy atom. The molecule has 24 heavy (non-hydrogen) atoms. The largest absolute Gasteiger partial charge is 0.345 e. The van der Waals surface area contributed by atoms with E-state index in [1.807, 2.05) is 31.2 Å². The Morgan fingerprint density at radius 3 is 2.42 bits per heavy atom. The smallest absolute Gasteiger partial charge is 0.252 e. The molecule has 0 fully saturated rings. The average Bonchev–Trinajstić information content (AvgIpc) is 2.55. The summed E-state index contributed by atoms with van der Waals surface area (Å²) < 4.78 is 0.808. The van der Waals surface area contributed by atoms with Crippen LogP contribution in [0.3, 0.4) is 0 Å². The maximum atomic E-state index is 12.4. The number of benzene rings is 2. The van der Waals surface area contributed by atoms with Crippen LogP contribution in [0, 0.1) is 3.57 Å². The Bertz CT molecular complexity index is 747. The number of carbonyl (C=O) groups is 2. The van der Waals surface area contributed by atoms with Crippen LogP contribution in [0.15, 0.2) is 42.5 Å². The van der Waals surface area contributed by atoms with Gasteiger partial charge in [0.2, 0.25) is 5.91 Å². The van der Waals surface area contributed by atoms with Crippen LogP contribution in [0.25, 0.3) is 0 Å². The van der Waals surface area contributed by atoms with Gasteiger partial charge in [0.25, 0.3) is 5.91 Å². The maximum Gasteiger partial charge on any atom is 0.252 e. The lowest BCUT2D eigenvalue weighted by Gasteiger charge is -2.16. The van der Waals surface area contributed by atoms with E-state index in [1.165, 1.54) is 0 Å². The Balaban J connectivity index is 2.04. The Morgan fingerprint density at radius 2 is 1.83 bits per heavy atom. The molecule has 2 aromatic rings. The second-order valence-corrected chi connectivity index (χ2v) is 6.94. The van der Waals surface area contributed by atoms with E-state index >= 15 is 0 Å². The van der Waals surface area contributed by atoms with E-state index in [9.17, 15) is 9.59 Å². The zero-order valence-corrected chi connectivity index (χ0v) is 16.3. The predicted octanol–water partition coefficient (Wildman–Crippen LogP) is 4.78. The van der Waals surface area contributed by atoms with Gasteiger partial charge in [0.1, 0.15) is 0 Å². The molecule has 0 aliphatic heterocycles. The van der Waals surface area contributed by atoms with Crippen molar-refractivity contribution in [2.45, 2.75) is 26.3 Å². The summed E-state index contributed by atoms with van der Waals surface area (Å²) in [5.41, 5.74) is 2.30. The van der Waals surface area contributed by atoms with Gasteiger partial charge in [0.15, 0.2) is 0 Å². The number of hydrogen-bond acceptors (Lipinski definition) is 2. The zero-order chi connectivity index (χ0) is 17.7. The molecule has 4 nitrogen and oxygen atoms in total. The summed E-state index contributed by atoms with van der Waals surface area (Å²) in [5, 5.41) is 6.37. The van der Waals surface area contributed by atoms with E-state index in [0.717, 1.165) is 14.8 Å². The summed E-state index contributed by atoms with van der Waals surface area (Å²) >= 11 is 8.01. The second-order valence-electron chi connectivity index (χ2n) is 5.34. The molecule has 2 aromatic carbocycles.